The Kier molecular flexibility index (Phi) is 4.48. The Morgan fingerprint density at radius 3 is 2.92 bits per heavy atom. The van der Waals surface area contributed by atoms with Gasteiger partial charge in [0.1, 0.15) is 0 Å². The highest BCUT2D eigenvalue weighted by Crippen LogP contribution is 2.14. The number of rotatable bonds is 4. The van der Waals surface area contributed by atoms with Crippen LogP contribution in [-0.2, 0) is 0 Å². The highest BCUT2D eigenvalue weighted by atomic mass is 79.9. The summed E-state index contributed by atoms with van der Waals surface area (Å²) < 4.78 is 0. The molecule has 1 nitrogen and oxygen atoms in total. The standard InChI is InChI=1S/C9H11BrClN/c10-5-2-6-12-9-4-1-3-8(11)7-9/h1,3-4,7,12H,2,5-6H2. The van der Waals surface area contributed by atoms with Crippen LogP contribution in [0.15, 0.2) is 24.3 Å². The molecule has 0 saturated heterocycles. The van der Waals surface area contributed by atoms with Crippen LogP contribution in [-0.4, -0.2) is 11.9 Å². The lowest BCUT2D eigenvalue weighted by Gasteiger charge is -2.04. The van der Waals surface area contributed by atoms with Crippen LogP contribution >= 0.6 is 27.5 Å². The van der Waals surface area contributed by atoms with E-state index in [2.05, 4.69) is 21.2 Å². The van der Waals surface area contributed by atoms with E-state index in [-0.39, 0.29) is 0 Å². The predicted molar refractivity (Wildman–Crippen MR) is 58.4 cm³/mol. The van der Waals surface area contributed by atoms with Crippen LogP contribution in [0.2, 0.25) is 5.02 Å². The first-order valence-corrected chi connectivity index (χ1v) is 5.38. The van der Waals surface area contributed by atoms with Gasteiger partial charge in [0, 0.05) is 22.6 Å². The highest BCUT2D eigenvalue weighted by Gasteiger charge is 1.91. The minimum absolute atomic E-state index is 0.777. The van der Waals surface area contributed by atoms with Crippen molar-refractivity contribution in [2.24, 2.45) is 0 Å². The first-order chi connectivity index (χ1) is 5.83. The van der Waals surface area contributed by atoms with Crippen molar-refractivity contribution < 1.29 is 0 Å². The van der Waals surface area contributed by atoms with E-state index in [0.717, 1.165) is 29.0 Å². The smallest absolute Gasteiger partial charge is 0.0426 e. The summed E-state index contributed by atoms with van der Waals surface area (Å²) in [5.74, 6) is 0. The molecule has 1 rings (SSSR count). The Hall–Kier alpha value is -0.210. The average Bonchev–Trinajstić information content (AvgIpc) is 2.05. The van der Waals surface area contributed by atoms with Crippen LogP contribution in [0.25, 0.3) is 0 Å². The molecule has 0 aromatic heterocycles. The van der Waals surface area contributed by atoms with Crippen molar-refractivity contribution in [3.63, 3.8) is 0 Å². The monoisotopic (exact) mass is 247 g/mol. The van der Waals surface area contributed by atoms with Gasteiger partial charge in [0.15, 0.2) is 0 Å². The van der Waals surface area contributed by atoms with Crippen molar-refractivity contribution in [1.29, 1.82) is 0 Å². The van der Waals surface area contributed by atoms with Crippen LogP contribution in [0.5, 0.6) is 0 Å². The summed E-state index contributed by atoms with van der Waals surface area (Å²) >= 11 is 9.18. The van der Waals surface area contributed by atoms with Crippen molar-refractivity contribution in [2.75, 3.05) is 17.2 Å². The second-order valence-corrected chi connectivity index (χ2v) is 3.71. The first-order valence-electron chi connectivity index (χ1n) is 3.88. The van der Waals surface area contributed by atoms with Gasteiger partial charge in [0.25, 0.3) is 0 Å². The molecule has 0 unspecified atom stereocenters. The van der Waals surface area contributed by atoms with Crippen molar-refractivity contribution in [1.82, 2.24) is 0 Å². The van der Waals surface area contributed by atoms with Gasteiger partial charge in [0.2, 0.25) is 0 Å². The third kappa shape index (κ3) is 3.46. The molecule has 12 heavy (non-hydrogen) atoms. The summed E-state index contributed by atoms with van der Waals surface area (Å²) in [7, 11) is 0. The summed E-state index contributed by atoms with van der Waals surface area (Å²) in [4.78, 5) is 0. The van der Waals surface area contributed by atoms with Crippen LogP contribution in [0, 0.1) is 0 Å². The fraction of sp³-hybridized carbons (Fsp3) is 0.333. The van der Waals surface area contributed by atoms with E-state index in [4.69, 9.17) is 11.6 Å². The molecule has 0 spiro atoms. The SMILES string of the molecule is Clc1cccc(NCCCBr)c1. The molecule has 0 aliphatic heterocycles. The van der Waals surface area contributed by atoms with Crippen molar-refractivity contribution in [2.45, 2.75) is 6.42 Å². The van der Waals surface area contributed by atoms with E-state index in [9.17, 15) is 0 Å². The molecule has 66 valence electrons. The fourth-order valence-corrected chi connectivity index (χ4v) is 1.37. The van der Waals surface area contributed by atoms with Gasteiger partial charge in [-0.2, -0.15) is 0 Å². The molecule has 0 amide bonds. The molecular formula is C9H11BrClN. The summed E-state index contributed by atoms with van der Waals surface area (Å²) in [6, 6.07) is 7.76. The second kappa shape index (κ2) is 5.44. The molecule has 0 heterocycles. The molecule has 1 aromatic rings. The Morgan fingerprint density at radius 2 is 2.25 bits per heavy atom. The van der Waals surface area contributed by atoms with Crippen molar-refractivity contribution >= 4 is 33.2 Å². The number of hydrogen-bond acceptors (Lipinski definition) is 1. The third-order valence-electron chi connectivity index (χ3n) is 1.46. The highest BCUT2D eigenvalue weighted by molar-refractivity contribution is 9.09. The van der Waals surface area contributed by atoms with Gasteiger partial charge in [0.05, 0.1) is 0 Å². The largest absolute Gasteiger partial charge is 0.385 e. The normalized spacial score (nSPS) is 9.83. The van der Waals surface area contributed by atoms with Gasteiger partial charge in [-0.15, -0.1) is 0 Å². The third-order valence-corrected chi connectivity index (χ3v) is 2.26. The van der Waals surface area contributed by atoms with Crippen LogP contribution in [0.1, 0.15) is 6.42 Å². The van der Waals surface area contributed by atoms with E-state index < -0.39 is 0 Å². The van der Waals surface area contributed by atoms with Gasteiger partial charge in [-0.25, -0.2) is 0 Å². The zero-order chi connectivity index (χ0) is 8.81. The fourth-order valence-electron chi connectivity index (χ4n) is 0.898. The van der Waals surface area contributed by atoms with Gasteiger partial charge in [-0.05, 0) is 24.6 Å². The van der Waals surface area contributed by atoms with E-state index >= 15 is 0 Å². The zero-order valence-electron chi connectivity index (χ0n) is 6.69. The number of nitrogens with one attached hydrogen (secondary N) is 1. The number of halogens is 2. The van der Waals surface area contributed by atoms with E-state index in [1.165, 1.54) is 0 Å². The maximum absolute atomic E-state index is 5.81. The molecule has 0 aliphatic rings. The summed E-state index contributed by atoms with van der Waals surface area (Å²) in [5.41, 5.74) is 1.09. The Labute approximate surface area is 86.2 Å². The summed E-state index contributed by atoms with van der Waals surface area (Å²) in [5, 5.41) is 5.08. The maximum atomic E-state index is 5.81. The summed E-state index contributed by atoms with van der Waals surface area (Å²) in [6.45, 7) is 0.978. The lowest BCUT2D eigenvalue weighted by atomic mass is 10.3. The number of benzene rings is 1. The van der Waals surface area contributed by atoms with Crippen molar-refractivity contribution in [3.8, 4) is 0 Å². The second-order valence-electron chi connectivity index (χ2n) is 2.48. The first kappa shape index (κ1) is 9.87. The van der Waals surface area contributed by atoms with Crippen molar-refractivity contribution in [3.05, 3.63) is 29.3 Å². The van der Waals surface area contributed by atoms with Gasteiger partial charge in [-0.3, -0.25) is 0 Å². The number of anilines is 1. The molecule has 0 saturated carbocycles. The Balaban J connectivity index is 2.41. The molecule has 0 fully saturated rings. The quantitative estimate of drug-likeness (QED) is 0.635. The topological polar surface area (TPSA) is 12.0 Å². The van der Waals surface area contributed by atoms with E-state index in [1.807, 2.05) is 24.3 Å². The van der Waals surface area contributed by atoms with E-state index in [0.29, 0.717) is 0 Å². The minimum atomic E-state index is 0.777. The van der Waals surface area contributed by atoms with E-state index in [1.54, 1.807) is 0 Å². The van der Waals surface area contributed by atoms with Crippen LogP contribution < -0.4 is 5.32 Å². The number of alkyl halides is 1. The maximum Gasteiger partial charge on any atom is 0.0426 e. The molecule has 0 radical (unpaired) electrons. The molecular weight excluding hydrogens is 237 g/mol. The molecule has 1 N–H and O–H groups in total. The molecule has 0 aliphatic carbocycles. The van der Waals surface area contributed by atoms with Gasteiger partial charge >= 0.3 is 0 Å². The summed E-state index contributed by atoms with van der Waals surface area (Å²) in [6.07, 6.45) is 1.12. The molecule has 0 bridgehead atoms. The predicted octanol–water partition coefficient (Wildman–Crippen LogP) is 3.54. The zero-order valence-corrected chi connectivity index (χ0v) is 9.03. The molecule has 1 aromatic carbocycles. The van der Waals surface area contributed by atoms with Gasteiger partial charge in [-0.1, -0.05) is 33.6 Å². The molecule has 0 atom stereocenters. The lowest BCUT2D eigenvalue weighted by molar-refractivity contribution is 0.999. The Bertz CT molecular complexity index is 240. The Morgan fingerprint density at radius 1 is 1.42 bits per heavy atom. The lowest BCUT2D eigenvalue weighted by Crippen LogP contribution is -2.01. The number of hydrogen-bond donors (Lipinski definition) is 1. The minimum Gasteiger partial charge on any atom is -0.385 e. The average molecular weight is 249 g/mol. The van der Waals surface area contributed by atoms with Crippen LogP contribution in [0.4, 0.5) is 5.69 Å². The van der Waals surface area contributed by atoms with Crippen LogP contribution in [0.3, 0.4) is 0 Å². The molecule has 3 heteroatoms. The van der Waals surface area contributed by atoms with Gasteiger partial charge < -0.3 is 5.32 Å².